The highest BCUT2D eigenvalue weighted by molar-refractivity contribution is 5.50. The van der Waals surface area contributed by atoms with Crippen LogP contribution < -0.4 is 0 Å². The Kier molecular flexibility index (Phi) is 11.5. The highest BCUT2D eigenvalue weighted by atomic mass is 16.5. The molecule has 0 saturated carbocycles. The van der Waals surface area contributed by atoms with E-state index >= 15 is 0 Å². The van der Waals surface area contributed by atoms with Crippen LogP contribution in [-0.2, 0) is 4.74 Å². The van der Waals surface area contributed by atoms with Gasteiger partial charge >= 0.3 is 0 Å². The van der Waals surface area contributed by atoms with Crippen molar-refractivity contribution in [3.05, 3.63) is 41.7 Å². The third-order valence-electron chi connectivity index (χ3n) is 4.00. The molecule has 0 unspecified atom stereocenters. The van der Waals surface area contributed by atoms with Crippen LogP contribution in [0.15, 0.2) is 36.1 Å². The Balaban J connectivity index is 1.92. The highest BCUT2D eigenvalue weighted by Crippen LogP contribution is 2.11. The molecule has 0 aliphatic heterocycles. The molecule has 1 nitrogen and oxygen atoms in total. The van der Waals surface area contributed by atoms with Crippen LogP contribution in [0.5, 0.6) is 0 Å². The standard InChI is InChI=1S/C21H34O/c1-3-4-5-6-7-8-9-10-11-15-18-22-20(2)19-21-16-13-12-14-17-21/h12-14,16-17,19H,3-11,15,18H2,1-2H3. The van der Waals surface area contributed by atoms with Gasteiger partial charge in [-0.25, -0.2) is 0 Å². The van der Waals surface area contributed by atoms with E-state index in [4.69, 9.17) is 4.74 Å². The van der Waals surface area contributed by atoms with Crippen molar-refractivity contribution in [3.63, 3.8) is 0 Å². The second-order valence-electron chi connectivity index (χ2n) is 6.20. The molecular formula is C21H34O. The van der Waals surface area contributed by atoms with Gasteiger partial charge in [-0.1, -0.05) is 95.0 Å². The second kappa shape index (κ2) is 13.4. The van der Waals surface area contributed by atoms with E-state index in [1.165, 1.54) is 69.8 Å². The first-order valence-electron chi connectivity index (χ1n) is 9.19. The summed E-state index contributed by atoms with van der Waals surface area (Å²) in [4.78, 5) is 0. The van der Waals surface area contributed by atoms with E-state index in [-0.39, 0.29) is 0 Å². The summed E-state index contributed by atoms with van der Waals surface area (Å²) in [6, 6.07) is 10.4. The number of unbranched alkanes of at least 4 members (excludes halogenated alkanes) is 9. The molecule has 124 valence electrons. The molecule has 0 amide bonds. The lowest BCUT2D eigenvalue weighted by Crippen LogP contribution is -1.92. The zero-order chi connectivity index (χ0) is 15.9. The number of hydrogen-bond donors (Lipinski definition) is 0. The lowest BCUT2D eigenvalue weighted by Gasteiger charge is -2.06. The summed E-state index contributed by atoms with van der Waals surface area (Å²) in [6.45, 7) is 5.17. The van der Waals surface area contributed by atoms with Gasteiger partial charge in [0, 0.05) is 0 Å². The molecule has 1 heteroatoms. The van der Waals surface area contributed by atoms with E-state index in [2.05, 4.69) is 37.3 Å². The van der Waals surface area contributed by atoms with Gasteiger partial charge in [0.05, 0.1) is 12.4 Å². The van der Waals surface area contributed by atoms with Gasteiger partial charge in [0.15, 0.2) is 0 Å². The average molecular weight is 303 g/mol. The van der Waals surface area contributed by atoms with Crippen molar-refractivity contribution in [2.45, 2.75) is 78.1 Å². The fourth-order valence-corrected chi connectivity index (χ4v) is 2.65. The summed E-state index contributed by atoms with van der Waals surface area (Å²) >= 11 is 0. The van der Waals surface area contributed by atoms with Crippen LogP contribution in [0.3, 0.4) is 0 Å². The molecule has 1 aromatic rings. The number of benzene rings is 1. The van der Waals surface area contributed by atoms with E-state index in [0.29, 0.717) is 0 Å². The minimum Gasteiger partial charge on any atom is -0.498 e. The summed E-state index contributed by atoms with van der Waals surface area (Å²) in [5, 5.41) is 0. The Morgan fingerprint density at radius 2 is 1.36 bits per heavy atom. The molecule has 1 aromatic carbocycles. The van der Waals surface area contributed by atoms with E-state index < -0.39 is 0 Å². The van der Waals surface area contributed by atoms with Crippen LogP contribution in [0.2, 0.25) is 0 Å². The Morgan fingerprint density at radius 3 is 1.95 bits per heavy atom. The van der Waals surface area contributed by atoms with Crippen LogP contribution in [0.1, 0.15) is 83.6 Å². The molecule has 0 heterocycles. The zero-order valence-electron chi connectivity index (χ0n) is 14.7. The normalized spacial score (nSPS) is 11.6. The van der Waals surface area contributed by atoms with E-state index in [1.807, 2.05) is 13.0 Å². The Labute approximate surface area is 137 Å². The molecule has 0 atom stereocenters. The van der Waals surface area contributed by atoms with Gasteiger partial charge in [0.1, 0.15) is 0 Å². The molecule has 0 N–H and O–H groups in total. The third-order valence-corrected chi connectivity index (χ3v) is 4.00. The van der Waals surface area contributed by atoms with E-state index in [0.717, 1.165) is 12.4 Å². The summed E-state index contributed by atoms with van der Waals surface area (Å²) < 4.78 is 5.78. The number of ether oxygens (including phenoxy) is 1. The minimum atomic E-state index is 0.853. The molecule has 22 heavy (non-hydrogen) atoms. The summed E-state index contributed by atoms with van der Waals surface area (Å²) in [6.07, 6.45) is 15.8. The minimum absolute atomic E-state index is 0.853. The molecule has 0 radical (unpaired) electrons. The third kappa shape index (κ3) is 10.5. The van der Waals surface area contributed by atoms with Gasteiger partial charge in [0.2, 0.25) is 0 Å². The predicted octanol–water partition coefficient (Wildman–Crippen LogP) is 6.98. The van der Waals surface area contributed by atoms with Crippen molar-refractivity contribution in [1.29, 1.82) is 0 Å². The maximum absolute atomic E-state index is 5.78. The Bertz CT molecular complexity index is 380. The maximum Gasteiger partial charge on any atom is 0.0934 e. The Morgan fingerprint density at radius 1 is 0.818 bits per heavy atom. The fourth-order valence-electron chi connectivity index (χ4n) is 2.65. The van der Waals surface area contributed by atoms with Crippen LogP contribution in [-0.4, -0.2) is 6.61 Å². The topological polar surface area (TPSA) is 9.23 Å². The highest BCUT2D eigenvalue weighted by Gasteiger charge is 1.95. The van der Waals surface area contributed by atoms with Crippen molar-refractivity contribution >= 4 is 6.08 Å². The van der Waals surface area contributed by atoms with Gasteiger partial charge in [0.25, 0.3) is 0 Å². The van der Waals surface area contributed by atoms with Gasteiger partial charge in [-0.05, 0) is 25.0 Å². The number of rotatable bonds is 13. The molecule has 0 spiro atoms. The number of allylic oxidation sites excluding steroid dienone is 1. The van der Waals surface area contributed by atoms with Gasteiger partial charge < -0.3 is 4.74 Å². The van der Waals surface area contributed by atoms with Crippen molar-refractivity contribution in [3.8, 4) is 0 Å². The molecular weight excluding hydrogens is 268 g/mol. The number of hydrogen-bond acceptors (Lipinski definition) is 1. The maximum atomic E-state index is 5.78. The second-order valence-corrected chi connectivity index (χ2v) is 6.20. The quantitative estimate of drug-likeness (QED) is 0.282. The van der Waals surface area contributed by atoms with Gasteiger partial charge in [-0.15, -0.1) is 0 Å². The Hall–Kier alpha value is -1.24. The zero-order valence-corrected chi connectivity index (χ0v) is 14.7. The molecule has 0 fully saturated rings. The fraction of sp³-hybridized carbons (Fsp3) is 0.619. The van der Waals surface area contributed by atoms with Gasteiger partial charge in [-0.3, -0.25) is 0 Å². The molecule has 0 saturated heterocycles. The van der Waals surface area contributed by atoms with E-state index in [9.17, 15) is 0 Å². The van der Waals surface area contributed by atoms with Crippen LogP contribution in [0.4, 0.5) is 0 Å². The average Bonchev–Trinajstić information content (AvgIpc) is 2.53. The van der Waals surface area contributed by atoms with Crippen LogP contribution in [0, 0.1) is 0 Å². The molecule has 0 bridgehead atoms. The lowest BCUT2D eigenvalue weighted by molar-refractivity contribution is 0.210. The summed E-state index contributed by atoms with van der Waals surface area (Å²) in [5.74, 6) is 1.02. The molecule has 1 rings (SSSR count). The summed E-state index contributed by atoms with van der Waals surface area (Å²) in [5.41, 5.74) is 1.21. The van der Waals surface area contributed by atoms with Crippen molar-refractivity contribution < 1.29 is 4.74 Å². The SMILES string of the molecule is CCCCCCCCCCCCOC(C)=Cc1ccccc1. The molecule has 0 aliphatic carbocycles. The van der Waals surface area contributed by atoms with Crippen LogP contribution in [0.25, 0.3) is 6.08 Å². The predicted molar refractivity (Wildman–Crippen MR) is 97.9 cm³/mol. The van der Waals surface area contributed by atoms with Crippen molar-refractivity contribution in [2.75, 3.05) is 6.61 Å². The van der Waals surface area contributed by atoms with Gasteiger partial charge in [-0.2, -0.15) is 0 Å². The van der Waals surface area contributed by atoms with Crippen molar-refractivity contribution in [2.24, 2.45) is 0 Å². The van der Waals surface area contributed by atoms with Crippen LogP contribution >= 0.6 is 0 Å². The smallest absolute Gasteiger partial charge is 0.0934 e. The first-order valence-corrected chi connectivity index (χ1v) is 9.19. The summed E-state index contributed by atoms with van der Waals surface area (Å²) in [7, 11) is 0. The first kappa shape index (κ1) is 18.8. The lowest BCUT2D eigenvalue weighted by atomic mass is 10.1. The van der Waals surface area contributed by atoms with Crippen molar-refractivity contribution in [1.82, 2.24) is 0 Å². The first-order chi connectivity index (χ1) is 10.8. The molecule has 0 aromatic heterocycles. The van der Waals surface area contributed by atoms with E-state index in [1.54, 1.807) is 0 Å². The largest absolute Gasteiger partial charge is 0.498 e. The molecule has 0 aliphatic rings. The monoisotopic (exact) mass is 302 g/mol.